The first kappa shape index (κ1) is 16.1. The average Bonchev–Trinajstić information content (AvgIpc) is 1.67. The first-order valence-corrected chi connectivity index (χ1v) is 2.68. The zero-order valence-electron chi connectivity index (χ0n) is 5.89. The number of carbonyl (C=O) groups excluding carboxylic acids is 1. The number of hydrogen-bond donors (Lipinski definition) is 1. The van der Waals surface area contributed by atoms with Gasteiger partial charge in [-0.05, 0) is 24.8 Å². The van der Waals surface area contributed by atoms with E-state index < -0.39 is 6.09 Å². The molecule has 0 heterocycles. The van der Waals surface area contributed by atoms with Crippen molar-refractivity contribution in [3.8, 4) is 0 Å². The molecular formula is C6H17NO2Si. The predicted octanol–water partition coefficient (Wildman–Crippen LogP) is -0.158. The van der Waals surface area contributed by atoms with Crippen molar-refractivity contribution < 1.29 is 9.53 Å². The van der Waals surface area contributed by atoms with Gasteiger partial charge in [-0.25, -0.2) is 4.79 Å². The number of ether oxygens (including phenoxy) is 1. The van der Waals surface area contributed by atoms with Gasteiger partial charge in [0.2, 0.25) is 0 Å². The molecule has 0 atom stereocenters. The Morgan fingerprint density at radius 1 is 1.80 bits per heavy atom. The molecule has 0 saturated carbocycles. The second-order valence-corrected chi connectivity index (χ2v) is 1.16. The number of nitrogens with two attached hydrogens (primary N) is 1. The van der Waals surface area contributed by atoms with Crippen LogP contribution in [-0.4, -0.2) is 23.7 Å². The van der Waals surface area contributed by atoms with E-state index in [1.807, 2.05) is 6.92 Å². The predicted molar refractivity (Wildman–Crippen MR) is 48.4 cm³/mol. The van der Waals surface area contributed by atoms with Crippen LogP contribution in [0.15, 0.2) is 12.7 Å². The van der Waals surface area contributed by atoms with E-state index in [1.54, 1.807) is 13.0 Å². The summed E-state index contributed by atoms with van der Waals surface area (Å²) >= 11 is 0. The van der Waals surface area contributed by atoms with Gasteiger partial charge in [0, 0.05) is 0 Å². The van der Waals surface area contributed by atoms with E-state index >= 15 is 0 Å². The highest BCUT2D eigenvalue weighted by Gasteiger charge is 1.82. The summed E-state index contributed by atoms with van der Waals surface area (Å²) < 4.78 is 4.18. The van der Waals surface area contributed by atoms with E-state index in [1.165, 1.54) is 0 Å². The van der Waals surface area contributed by atoms with Crippen molar-refractivity contribution in [3.05, 3.63) is 12.7 Å². The van der Waals surface area contributed by atoms with Gasteiger partial charge in [-0.1, -0.05) is 6.08 Å². The quantitative estimate of drug-likeness (QED) is 0.431. The van der Waals surface area contributed by atoms with Crippen LogP contribution in [0, 0.1) is 0 Å². The van der Waals surface area contributed by atoms with E-state index in [4.69, 9.17) is 0 Å². The van der Waals surface area contributed by atoms with Crippen LogP contribution in [0.1, 0.15) is 13.8 Å². The molecular weight excluding hydrogens is 146 g/mol. The fraction of sp³-hybridized carbons (Fsp3) is 0.500. The fourth-order valence-corrected chi connectivity index (χ4v) is 0.142. The van der Waals surface area contributed by atoms with Crippen molar-refractivity contribution >= 4 is 17.1 Å². The molecule has 0 aliphatic heterocycles. The van der Waals surface area contributed by atoms with Crippen molar-refractivity contribution in [2.24, 2.45) is 5.73 Å². The Kier molecular flexibility index (Phi) is 25.3. The van der Waals surface area contributed by atoms with Crippen molar-refractivity contribution in [2.45, 2.75) is 13.8 Å². The lowest BCUT2D eigenvalue weighted by molar-refractivity contribution is 0.163. The Morgan fingerprint density at radius 3 is 2.10 bits per heavy atom. The third-order valence-corrected chi connectivity index (χ3v) is 0.287. The molecule has 0 aliphatic carbocycles. The standard InChI is InChI=1S/C3H7NO2.C3H6.H4Si/c1-2-6-3(4)5;1-3-2;/h2H2,1H3,(H2,4,5);3H,1H2,2H3;1H4. The van der Waals surface area contributed by atoms with Gasteiger partial charge in [0.1, 0.15) is 0 Å². The first-order valence-electron chi connectivity index (χ1n) is 2.68. The molecule has 2 N–H and O–H groups in total. The summed E-state index contributed by atoms with van der Waals surface area (Å²) in [6, 6.07) is 0. The molecule has 0 aromatic heterocycles. The van der Waals surface area contributed by atoms with Crippen LogP contribution in [0.3, 0.4) is 0 Å². The van der Waals surface area contributed by atoms with Gasteiger partial charge in [-0.15, -0.1) is 6.58 Å². The van der Waals surface area contributed by atoms with E-state index in [0.29, 0.717) is 6.61 Å². The molecule has 62 valence electrons. The molecule has 0 aromatic carbocycles. The number of carbonyl (C=O) groups is 1. The summed E-state index contributed by atoms with van der Waals surface area (Å²) in [5, 5.41) is 0. The van der Waals surface area contributed by atoms with Gasteiger partial charge in [-0.2, -0.15) is 0 Å². The maximum absolute atomic E-state index is 9.60. The molecule has 0 radical (unpaired) electrons. The van der Waals surface area contributed by atoms with Crippen molar-refractivity contribution in [1.82, 2.24) is 0 Å². The van der Waals surface area contributed by atoms with Gasteiger partial charge in [0.05, 0.1) is 6.61 Å². The molecule has 0 unspecified atom stereocenters. The molecule has 0 fully saturated rings. The molecule has 10 heavy (non-hydrogen) atoms. The molecule has 4 heteroatoms. The summed E-state index contributed by atoms with van der Waals surface area (Å²) in [5.74, 6) is 0. The van der Waals surface area contributed by atoms with Crippen LogP contribution in [0.5, 0.6) is 0 Å². The van der Waals surface area contributed by atoms with Crippen molar-refractivity contribution in [1.29, 1.82) is 0 Å². The minimum atomic E-state index is -0.711. The topological polar surface area (TPSA) is 52.3 Å². The monoisotopic (exact) mass is 163 g/mol. The van der Waals surface area contributed by atoms with Gasteiger partial charge < -0.3 is 10.5 Å². The highest BCUT2D eigenvalue weighted by molar-refractivity contribution is 5.75. The van der Waals surface area contributed by atoms with Gasteiger partial charge in [0.15, 0.2) is 0 Å². The van der Waals surface area contributed by atoms with Crippen LogP contribution in [0.25, 0.3) is 0 Å². The highest BCUT2D eigenvalue weighted by Crippen LogP contribution is 1.66. The van der Waals surface area contributed by atoms with E-state index in [-0.39, 0.29) is 11.0 Å². The summed E-state index contributed by atoms with van der Waals surface area (Å²) in [5.41, 5.74) is 4.54. The Morgan fingerprint density at radius 2 is 2.10 bits per heavy atom. The average molecular weight is 163 g/mol. The Balaban J connectivity index is -0.000000107. The molecule has 0 spiro atoms. The van der Waals surface area contributed by atoms with E-state index in [2.05, 4.69) is 17.0 Å². The lowest BCUT2D eigenvalue weighted by Crippen LogP contribution is -2.11. The number of allylic oxidation sites excluding steroid dienone is 1. The van der Waals surface area contributed by atoms with Gasteiger partial charge in [-0.3, -0.25) is 0 Å². The number of primary amides is 1. The molecule has 3 nitrogen and oxygen atoms in total. The maximum atomic E-state index is 9.60. The Labute approximate surface area is 66.3 Å². The lowest BCUT2D eigenvalue weighted by atomic mass is 10.8. The number of rotatable bonds is 1. The fourth-order valence-electron chi connectivity index (χ4n) is 0.142. The number of amides is 1. The van der Waals surface area contributed by atoms with Crippen molar-refractivity contribution in [2.75, 3.05) is 6.61 Å². The van der Waals surface area contributed by atoms with E-state index in [9.17, 15) is 4.79 Å². The first-order chi connectivity index (χ1) is 4.18. The van der Waals surface area contributed by atoms with Crippen LogP contribution in [0.2, 0.25) is 0 Å². The normalized spacial score (nSPS) is 5.80. The highest BCUT2D eigenvalue weighted by atomic mass is 28.1. The summed E-state index contributed by atoms with van der Waals surface area (Å²) in [6.07, 6.45) is 1.04. The second kappa shape index (κ2) is 15.7. The Bertz CT molecular complexity index is 85.8. The van der Waals surface area contributed by atoms with Gasteiger partial charge >= 0.3 is 6.09 Å². The molecule has 0 saturated heterocycles. The largest absolute Gasteiger partial charge is 0.450 e. The van der Waals surface area contributed by atoms with Crippen LogP contribution in [-0.2, 0) is 4.74 Å². The molecule has 0 aromatic rings. The van der Waals surface area contributed by atoms with Crippen LogP contribution in [0.4, 0.5) is 4.79 Å². The lowest BCUT2D eigenvalue weighted by Gasteiger charge is -1.89. The zero-order valence-corrected chi connectivity index (χ0v) is 5.89. The number of hydrogen-bond acceptors (Lipinski definition) is 2. The smallest absolute Gasteiger partial charge is 0.404 e. The third-order valence-electron chi connectivity index (χ3n) is 0.287. The van der Waals surface area contributed by atoms with Crippen LogP contribution < -0.4 is 5.73 Å². The SMILES string of the molecule is C=CC.CCOC(N)=O.[SiH4]. The molecule has 0 aliphatic rings. The molecule has 0 bridgehead atoms. The summed E-state index contributed by atoms with van der Waals surface area (Å²) in [7, 11) is 0. The third kappa shape index (κ3) is 56.5. The molecule has 1 amide bonds. The maximum Gasteiger partial charge on any atom is 0.404 e. The summed E-state index contributed by atoms with van der Waals surface area (Å²) in [6.45, 7) is 7.31. The van der Waals surface area contributed by atoms with Crippen LogP contribution >= 0.6 is 0 Å². The van der Waals surface area contributed by atoms with E-state index in [0.717, 1.165) is 0 Å². The molecule has 0 rings (SSSR count). The minimum Gasteiger partial charge on any atom is -0.450 e. The minimum absolute atomic E-state index is 0. The Hall–Kier alpha value is -0.773. The van der Waals surface area contributed by atoms with Crippen molar-refractivity contribution in [3.63, 3.8) is 0 Å². The second-order valence-electron chi connectivity index (χ2n) is 1.16. The van der Waals surface area contributed by atoms with Gasteiger partial charge in [0.25, 0.3) is 0 Å². The zero-order chi connectivity index (χ0) is 7.70. The summed E-state index contributed by atoms with van der Waals surface area (Å²) in [4.78, 5) is 9.60.